The van der Waals surface area contributed by atoms with Crippen LogP contribution in [0, 0.1) is 0 Å². The first-order valence-corrected chi connectivity index (χ1v) is 7.36. The summed E-state index contributed by atoms with van der Waals surface area (Å²) >= 11 is 8.67. The first kappa shape index (κ1) is 13.8. The summed E-state index contributed by atoms with van der Waals surface area (Å²) in [4.78, 5) is 0. The highest BCUT2D eigenvalue weighted by Crippen LogP contribution is 2.16. The van der Waals surface area contributed by atoms with Crippen LogP contribution in [0.3, 0.4) is 0 Å². The van der Waals surface area contributed by atoms with Gasteiger partial charge in [-0.25, -0.2) is 0 Å². The molecule has 3 nitrogen and oxygen atoms in total. The number of hydrogen-bond acceptors (Lipinski definition) is 2. The van der Waals surface area contributed by atoms with Crippen molar-refractivity contribution in [1.29, 1.82) is 0 Å². The van der Waals surface area contributed by atoms with Gasteiger partial charge in [0.15, 0.2) is 5.11 Å². The van der Waals surface area contributed by atoms with Gasteiger partial charge in [0, 0.05) is 23.3 Å². The molecule has 1 heterocycles. The highest BCUT2D eigenvalue weighted by Gasteiger charge is 2.14. The second-order valence-corrected chi connectivity index (χ2v) is 5.64. The number of ether oxygens (including phenoxy) is 1. The summed E-state index contributed by atoms with van der Waals surface area (Å²) in [5.41, 5.74) is 0.985. The minimum Gasteiger partial charge on any atom is -0.378 e. The third kappa shape index (κ3) is 4.55. The highest BCUT2D eigenvalue weighted by atomic mass is 79.9. The minimum absolute atomic E-state index is 0.408. The summed E-state index contributed by atoms with van der Waals surface area (Å²) in [6.07, 6.45) is 3.78. The Labute approximate surface area is 121 Å². The van der Waals surface area contributed by atoms with Gasteiger partial charge in [-0.2, -0.15) is 0 Å². The van der Waals surface area contributed by atoms with Crippen molar-refractivity contribution in [3.63, 3.8) is 0 Å². The molecule has 2 N–H and O–H groups in total. The molecule has 1 aliphatic heterocycles. The van der Waals surface area contributed by atoms with Gasteiger partial charge in [0.05, 0.1) is 6.10 Å². The molecule has 0 amide bonds. The predicted molar refractivity (Wildman–Crippen MR) is 82.0 cm³/mol. The zero-order valence-corrected chi connectivity index (χ0v) is 12.5. The molecule has 1 unspecified atom stereocenters. The van der Waals surface area contributed by atoms with E-state index in [9.17, 15) is 0 Å². The molecule has 1 aromatic rings. The summed E-state index contributed by atoms with van der Waals surface area (Å²) < 4.78 is 6.60. The molecule has 0 radical (unpaired) electrons. The first-order chi connectivity index (χ1) is 8.74. The Morgan fingerprint density at radius 3 is 3.11 bits per heavy atom. The Balaban J connectivity index is 1.68. The normalized spacial score (nSPS) is 18.6. The second kappa shape index (κ2) is 7.07. The Kier molecular flexibility index (Phi) is 5.41. The van der Waals surface area contributed by atoms with Crippen LogP contribution in [0.4, 0.5) is 5.69 Å². The fraction of sp³-hybridized carbons (Fsp3) is 0.462. The SMILES string of the molecule is S=C(NCCC1CCCO1)Nc1cccc(Br)c1. The number of anilines is 1. The van der Waals surface area contributed by atoms with Crippen molar-refractivity contribution in [3.05, 3.63) is 28.7 Å². The van der Waals surface area contributed by atoms with Crippen molar-refractivity contribution in [2.75, 3.05) is 18.5 Å². The van der Waals surface area contributed by atoms with Crippen molar-refractivity contribution < 1.29 is 4.74 Å². The number of thiocarbonyl (C=S) groups is 1. The van der Waals surface area contributed by atoms with Crippen LogP contribution in [0.15, 0.2) is 28.7 Å². The quantitative estimate of drug-likeness (QED) is 0.831. The van der Waals surface area contributed by atoms with E-state index in [4.69, 9.17) is 17.0 Å². The molecule has 1 saturated heterocycles. The van der Waals surface area contributed by atoms with E-state index in [0.29, 0.717) is 11.2 Å². The Morgan fingerprint density at radius 2 is 2.39 bits per heavy atom. The molecule has 5 heteroatoms. The van der Waals surface area contributed by atoms with E-state index in [0.717, 1.165) is 29.7 Å². The molecule has 0 saturated carbocycles. The Hall–Kier alpha value is -0.650. The van der Waals surface area contributed by atoms with Gasteiger partial charge >= 0.3 is 0 Å². The average molecular weight is 329 g/mol. The lowest BCUT2D eigenvalue weighted by Gasteiger charge is -2.13. The Bertz CT molecular complexity index is 408. The van der Waals surface area contributed by atoms with Crippen LogP contribution in [0.2, 0.25) is 0 Å². The molecule has 0 spiro atoms. The lowest BCUT2D eigenvalue weighted by atomic mass is 10.2. The molecular formula is C13H17BrN2OS. The number of rotatable bonds is 4. The van der Waals surface area contributed by atoms with E-state index in [-0.39, 0.29) is 0 Å². The van der Waals surface area contributed by atoms with Crippen LogP contribution in [0.25, 0.3) is 0 Å². The van der Waals surface area contributed by atoms with E-state index < -0.39 is 0 Å². The maximum absolute atomic E-state index is 5.56. The number of nitrogens with one attached hydrogen (secondary N) is 2. The third-order valence-electron chi connectivity index (χ3n) is 2.86. The van der Waals surface area contributed by atoms with Crippen LogP contribution >= 0.6 is 28.1 Å². The van der Waals surface area contributed by atoms with Crippen LogP contribution < -0.4 is 10.6 Å². The van der Waals surface area contributed by atoms with Crippen LogP contribution in [-0.2, 0) is 4.74 Å². The molecule has 1 aliphatic rings. The van der Waals surface area contributed by atoms with E-state index >= 15 is 0 Å². The fourth-order valence-electron chi connectivity index (χ4n) is 1.96. The van der Waals surface area contributed by atoms with Crippen LogP contribution in [-0.4, -0.2) is 24.4 Å². The average Bonchev–Trinajstić information content (AvgIpc) is 2.82. The summed E-state index contributed by atoms with van der Waals surface area (Å²) in [5.74, 6) is 0. The zero-order chi connectivity index (χ0) is 12.8. The molecule has 1 aromatic carbocycles. The molecule has 1 atom stereocenters. The lowest BCUT2D eigenvalue weighted by molar-refractivity contribution is 0.105. The van der Waals surface area contributed by atoms with Gasteiger partial charge in [-0.05, 0) is 49.7 Å². The second-order valence-electron chi connectivity index (χ2n) is 4.31. The smallest absolute Gasteiger partial charge is 0.170 e. The molecule has 0 aliphatic carbocycles. The highest BCUT2D eigenvalue weighted by molar-refractivity contribution is 9.10. The molecule has 2 rings (SSSR count). The standard InChI is InChI=1S/C13H17BrN2OS/c14-10-3-1-4-11(9-10)16-13(18)15-7-6-12-5-2-8-17-12/h1,3-4,9,12H,2,5-8H2,(H2,15,16,18). The summed E-state index contributed by atoms with van der Waals surface area (Å²) in [6.45, 7) is 1.76. The monoisotopic (exact) mass is 328 g/mol. The topological polar surface area (TPSA) is 33.3 Å². The maximum atomic E-state index is 5.56. The van der Waals surface area contributed by atoms with Gasteiger partial charge in [-0.3, -0.25) is 0 Å². The maximum Gasteiger partial charge on any atom is 0.170 e. The van der Waals surface area contributed by atoms with Gasteiger partial charge in [0.2, 0.25) is 0 Å². The van der Waals surface area contributed by atoms with Gasteiger partial charge in [0.25, 0.3) is 0 Å². The Morgan fingerprint density at radius 1 is 1.50 bits per heavy atom. The molecule has 18 heavy (non-hydrogen) atoms. The zero-order valence-electron chi connectivity index (χ0n) is 10.1. The van der Waals surface area contributed by atoms with E-state index in [1.54, 1.807) is 0 Å². The lowest BCUT2D eigenvalue weighted by Crippen LogP contribution is -2.30. The van der Waals surface area contributed by atoms with Crippen molar-refractivity contribution in [3.8, 4) is 0 Å². The van der Waals surface area contributed by atoms with Crippen LogP contribution in [0.5, 0.6) is 0 Å². The predicted octanol–water partition coefficient (Wildman–Crippen LogP) is 3.30. The molecule has 0 aromatic heterocycles. The van der Waals surface area contributed by atoms with Gasteiger partial charge in [0.1, 0.15) is 0 Å². The summed E-state index contributed by atoms with van der Waals surface area (Å²) in [7, 11) is 0. The van der Waals surface area contributed by atoms with E-state index in [1.165, 1.54) is 12.8 Å². The molecule has 1 fully saturated rings. The van der Waals surface area contributed by atoms with Gasteiger partial charge in [-0.15, -0.1) is 0 Å². The van der Waals surface area contributed by atoms with Crippen molar-refractivity contribution in [2.24, 2.45) is 0 Å². The third-order valence-corrected chi connectivity index (χ3v) is 3.60. The van der Waals surface area contributed by atoms with E-state index in [2.05, 4.69) is 26.6 Å². The number of halogens is 1. The fourth-order valence-corrected chi connectivity index (χ4v) is 2.58. The number of hydrogen-bond donors (Lipinski definition) is 2. The van der Waals surface area contributed by atoms with Crippen molar-refractivity contribution in [2.45, 2.75) is 25.4 Å². The first-order valence-electron chi connectivity index (χ1n) is 6.16. The summed E-state index contributed by atoms with van der Waals surface area (Å²) in [5, 5.41) is 7.02. The largest absolute Gasteiger partial charge is 0.378 e. The minimum atomic E-state index is 0.408. The van der Waals surface area contributed by atoms with Crippen molar-refractivity contribution in [1.82, 2.24) is 5.32 Å². The van der Waals surface area contributed by atoms with Gasteiger partial charge in [-0.1, -0.05) is 22.0 Å². The van der Waals surface area contributed by atoms with E-state index in [1.807, 2.05) is 24.3 Å². The van der Waals surface area contributed by atoms with Crippen molar-refractivity contribution >= 4 is 38.9 Å². The van der Waals surface area contributed by atoms with Crippen LogP contribution in [0.1, 0.15) is 19.3 Å². The molecule has 0 bridgehead atoms. The van der Waals surface area contributed by atoms with Gasteiger partial charge < -0.3 is 15.4 Å². The summed E-state index contributed by atoms with van der Waals surface area (Å²) in [6, 6.07) is 7.94. The molecular weight excluding hydrogens is 312 g/mol. The molecule has 98 valence electrons. The number of benzene rings is 1.